The third-order valence-electron chi connectivity index (χ3n) is 5.55. The Balaban J connectivity index is 1.53. The van der Waals surface area contributed by atoms with Crippen LogP contribution < -0.4 is 9.62 Å². The standard InChI is InChI=1S/C24H23F2N3O6S2/c25-18-1-7-21(8-2-18)29(37(33,34)23-9-3-19(26)4-10-23)17-24(30)27-20-5-11-22(12-6-20)36(31,32)28-13-15-35-16-14-28/h1-12H,13-17H2,(H,27,30). The third kappa shape index (κ3) is 6.13. The van der Waals surface area contributed by atoms with Gasteiger partial charge in [0, 0.05) is 18.8 Å². The molecule has 196 valence electrons. The van der Waals surface area contributed by atoms with Crippen LogP contribution in [0.2, 0.25) is 0 Å². The summed E-state index contributed by atoms with van der Waals surface area (Å²) < 4.78 is 86.2. The molecule has 3 aromatic carbocycles. The zero-order valence-corrected chi connectivity index (χ0v) is 21.0. The molecule has 0 aromatic heterocycles. The molecule has 9 nitrogen and oxygen atoms in total. The molecule has 1 aliphatic rings. The normalized spacial score (nSPS) is 14.8. The molecular formula is C24H23F2N3O6S2. The van der Waals surface area contributed by atoms with E-state index in [0.29, 0.717) is 13.2 Å². The zero-order valence-electron chi connectivity index (χ0n) is 19.4. The Morgan fingerprint density at radius 3 is 1.89 bits per heavy atom. The number of rotatable bonds is 8. The lowest BCUT2D eigenvalue weighted by atomic mass is 10.3. The van der Waals surface area contributed by atoms with Gasteiger partial charge in [0.25, 0.3) is 10.0 Å². The van der Waals surface area contributed by atoms with E-state index in [-0.39, 0.29) is 34.3 Å². The van der Waals surface area contributed by atoms with Crippen LogP contribution >= 0.6 is 0 Å². The highest BCUT2D eigenvalue weighted by atomic mass is 32.2. The molecule has 37 heavy (non-hydrogen) atoms. The first-order chi connectivity index (χ1) is 17.6. The van der Waals surface area contributed by atoms with Gasteiger partial charge in [0.05, 0.1) is 28.7 Å². The number of halogens is 2. The first-order valence-corrected chi connectivity index (χ1v) is 14.0. The van der Waals surface area contributed by atoms with E-state index in [0.717, 1.165) is 40.7 Å². The molecule has 0 spiro atoms. The van der Waals surface area contributed by atoms with Crippen molar-refractivity contribution in [1.82, 2.24) is 4.31 Å². The summed E-state index contributed by atoms with van der Waals surface area (Å²) in [6.45, 7) is 0.405. The van der Waals surface area contributed by atoms with Gasteiger partial charge in [-0.3, -0.25) is 9.10 Å². The van der Waals surface area contributed by atoms with Crippen molar-refractivity contribution in [2.75, 3.05) is 42.5 Å². The van der Waals surface area contributed by atoms with Crippen LogP contribution in [-0.2, 0) is 29.6 Å². The fraction of sp³-hybridized carbons (Fsp3) is 0.208. The molecule has 1 heterocycles. The number of hydrogen-bond donors (Lipinski definition) is 1. The SMILES string of the molecule is O=C(CN(c1ccc(F)cc1)S(=O)(=O)c1ccc(F)cc1)Nc1ccc(S(=O)(=O)N2CCOCC2)cc1. The number of ether oxygens (including phenoxy) is 1. The lowest BCUT2D eigenvalue weighted by Gasteiger charge is -2.26. The highest BCUT2D eigenvalue weighted by Gasteiger charge is 2.28. The molecule has 1 fully saturated rings. The van der Waals surface area contributed by atoms with Crippen molar-refractivity contribution in [3.63, 3.8) is 0 Å². The second-order valence-corrected chi connectivity index (χ2v) is 11.8. The predicted molar refractivity (Wildman–Crippen MR) is 132 cm³/mol. The number of nitrogens with zero attached hydrogens (tertiary/aromatic N) is 2. The molecule has 1 amide bonds. The molecule has 0 saturated carbocycles. The fourth-order valence-electron chi connectivity index (χ4n) is 3.63. The number of nitrogens with one attached hydrogen (secondary N) is 1. The van der Waals surface area contributed by atoms with E-state index in [2.05, 4.69) is 5.32 Å². The topological polar surface area (TPSA) is 113 Å². The minimum atomic E-state index is -4.32. The van der Waals surface area contributed by atoms with Gasteiger partial charge in [0.1, 0.15) is 18.2 Å². The second kappa shape index (κ2) is 10.9. The number of sulfonamides is 2. The van der Waals surface area contributed by atoms with Gasteiger partial charge in [-0.2, -0.15) is 4.31 Å². The quantitative estimate of drug-likeness (QED) is 0.461. The smallest absolute Gasteiger partial charge is 0.264 e. The van der Waals surface area contributed by atoms with E-state index >= 15 is 0 Å². The maximum Gasteiger partial charge on any atom is 0.264 e. The lowest BCUT2D eigenvalue weighted by molar-refractivity contribution is -0.114. The zero-order chi connectivity index (χ0) is 26.6. The number of morpholine rings is 1. The Kier molecular flexibility index (Phi) is 7.87. The maximum atomic E-state index is 13.5. The molecule has 1 aliphatic heterocycles. The summed E-state index contributed by atoms with van der Waals surface area (Å²) in [6.07, 6.45) is 0. The minimum Gasteiger partial charge on any atom is -0.379 e. The van der Waals surface area contributed by atoms with Gasteiger partial charge in [-0.25, -0.2) is 25.6 Å². The van der Waals surface area contributed by atoms with Gasteiger partial charge >= 0.3 is 0 Å². The molecule has 0 bridgehead atoms. The molecule has 0 atom stereocenters. The van der Waals surface area contributed by atoms with Gasteiger partial charge in [0.2, 0.25) is 15.9 Å². The average molecular weight is 552 g/mol. The number of carbonyl (C=O) groups is 1. The van der Waals surface area contributed by atoms with Gasteiger partial charge in [-0.05, 0) is 72.8 Å². The van der Waals surface area contributed by atoms with Crippen molar-refractivity contribution in [1.29, 1.82) is 0 Å². The molecule has 1 saturated heterocycles. The Morgan fingerprint density at radius 1 is 0.811 bits per heavy atom. The number of benzene rings is 3. The molecule has 3 aromatic rings. The largest absolute Gasteiger partial charge is 0.379 e. The average Bonchev–Trinajstić information content (AvgIpc) is 2.89. The third-order valence-corrected chi connectivity index (χ3v) is 9.25. The first kappa shape index (κ1) is 26.7. The Morgan fingerprint density at radius 2 is 1.32 bits per heavy atom. The van der Waals surface area contributed by atoms with Gasteiger partial charge in [-0.1, -0.05) is 0 Å². The van der Waals surface area contributed by atoms with E-state index < -0.39 is 44.1 Å². The van der Waals surface area contributed by atoms with Crippen molar-refractivity contribution in [2.45, 2.75) is 9.79 Å². The Bertz CT molecular complexity index is 1460. The summed E-state index contributed by atoms with van der Waals surface area (Å²) in [5.74, 6) is -1.97. The van der Waals surface area contributed by atoms with Crippen molar-refractivity contribution < 1.29 is 35.1 Å². The number of carbonyl (C=O) groups excluding carboxylic acids is 1. The van der Waals surface area contributed by atoms with Crippen molar-refractivity contribution >= 4 is 37.3 Å². The second-order valence-electron chi connectivity index (χ2n) is 8.03. The van der Waals surface area contributed by atoms with Crippen LogP contribution in [-0.4, -0.2) is 59.9 Å². The Labute approximate surface area is 213 Å². The highest BCUT2D eigenvalue weighted by molar-refractivity contribution is 7.92. The molecular weight excluding hydrogens is 528 g/mol. The monoisotopic (exact) mass is 551 g/mol. The molecule has 0 radical (unpaired) electrons. The van der Waals surface area contributed by atoms with Crippen molar-refractivity contribution in [2.24, 2.45) is 0 Å². The van der Waals surface area contributed by atoms with E-state index in [1.165, 1.54) is 40.7 Å². The van der Waals surface area contributed by atoms with Crippen LogP contribution in [0.1, 0.15) is 0 Å². The summed E-state index contributed by atoms with van der Waals surface area (Å²) in [6, 6.07) is 14.0. The number of anilines is 2. The summed E-state index contributed by atoms with van der Waals surface area (Å²) in [7, 11) is -8.04. The van der Waals surface area contributed by atoms with Gasteiger partial charge in [-0.15, -0.1) is 0 Å². The molecule has 0 unspecified atom stereocenters. The summed E-state index contributed by atoms with van der Waals surface area (Å²) in [5, 5.41) is 2.54. The van der Waals surface area contributed by atoms with Crippen LogP contribution in [0.25, 0.3) is 0 Å². The van der Waals surface area contributed by atoms with Crippen LogP contribution in [0.4, 0.5) is 20.2 Å². The molecule has 1 N–H and O–H groups in total. The fourth-order valence-corrected chi connectivity index (χ4v) is 6.46. The van der Waals surface area contributed by atoms with E-state index in [9.17, 15) is 30.4 Å². The van der Waals surface area contributed by atoms with Crippen LogP contribution in [0, 0.1) is 11.6 Å². The summed E-state index contributed by atoms with van der Waals surface area (Å²) >= 11 is 0. The first-order valence-electron chi connectivity index (χ1n) is 11.1. The molecule has 4 rings (SSSR count). The van der Waals surface area contributed by atoms with Crippen molar-refractivity contribution in [3.05, 3.63) is 84.4 Å². The van der Waals surface area contributed by atoms with Crippen LogP contribution in [0.5, 0.6) is 0 Å². The number of amides is 1. The van der Waals surface area contributed by atoms with E-state index in [4.69, 9.17) is 4.74 Å². The van der Waals surface area contributed by atoms with Gasteiger partial charge < -0.3 is 10.1 Å². The molecule has 13 heteroatoms. The van der Waals surface area contributed by atoms with Crippen LogP contribution in [0.3, 0.4) is 0 Å². The summed E-state index contributed by atoms with van der Waals surface area (Å²) in [5.41, 5.74) is 0.261. The highest BCUT2D eigenvalue weighted by Crippen LogP contribution is 2.25. The van der Waals surface area contributed by atoms with Crippen LogP contribution in [0.15, 0.2) is 82.6 Å². The minimum absolute atomic E-state index is 0.0211. The van der Waals surface area contributed by atoms with Crippen molar-refractivity contribution in [3.8, 4) is 0 Å². The predicted octanol–water partition coefficient (Wildman–Crippen LogP) is 2.82. The molecule has 0 aliphatic carbocycles. The Hall–Kier alpha value is -3.39. The lowest BCUT2D eigenvalue weighted by Crippen LogP contribution is -2.40. The number of hydrogen-bond acceptors (Lipinski definition) is 6. The van der Waals surface area contributed by atoms with Gasteiger partial charge in [0.15, 0.2) is 0 Å². The van der Waals surface area contributed by atoms with E-state index in [1.807, 2.05) is 0 Å². The van der Waals surface area contributed by atoms with E-state index in [1.54, 1.807) is 0 Å². The maximum absolute atomic E-state index is 13.5. The summed E-state index contributed by atoms with van der Waals surface area (Å²) in [4.78, 5) is 12.6.